The van der Waals surface area contributed by atoms with E-state index in [-0.39, 0.29) is 11.1 Å². The van der Waals surface area contributed by atoms with Crippen molar-refractivity contribution in [1.29, 1.82) is 0 Å². The molecule has 4 atom stereocenters. The van der Waals surface area contributed by atoms with Crippen molar-refractivity contribution in [3.8, 4) is 34.5 Å². The van der Waals surface area contributed by atoms with Gasteiger partial charge >= 0.3 is 0 Å². The number of benzene rings is 2. The Morgan fingerprint density at radius 2 is 1.32 bits per heavy atom. The lowest BCUT2D eigenvalue weighted by atomic mass is 9.88. The number of aliphatic hydroxyl groups excluding tert-OH is 2. The van der Waals surface area contributed by atoms with E-state index in [0.717, 1.165) is 24.3 Å². The number of rotatable bonds is 7. The van der Waals surface area contributed by atoms with Gasteiger partial charge in [-0.1, -0.05) is 0 Å². The monoisotopic (exact) mass is 481 g/mol. The van der Waals surface area contributed by atoms with Crippen LogP contribution in [0.25, 0.3) is 0 Å². The van der Waals surface area contributed by atoms with Crippen LogP contribution >= 0.6 is 0 Å². The van der Waals surface area contributed by atoms with Crippen LogP contribution in [0, 0.1) is 0 Å². The summed E-state index contributed by atoms with van der Waals surface area (Å²) in [6.45, 7) is -0.421. The normalized spacial score (nSPS) is 24.1. The molecular weight excluding hydrogens is 458 g/mol. The van der Waals surface area contributed by atoms with Crippen LogP contribution in [-0.4, -0.2) is 88.3 Å². The Kier molecular flexibility index (Phi) is 6.74. The summed E-state index contributed by atoms with van der Waals surface area (Å²) in [5.74, 6) is -6.12. The number of nitrogens with one attached hydrogen (secondary N) is 1. The number of hydrogen-bond acceptors (Lipinski definition) is 12. The van der Waals surface area contributed by atoms with Crippen molar-refractivity contribution < 1.29 is 60.3 Å². The number of ketones is 1. The molecule has 2 aromatic carbocycles. The van der Waals surface area contributed by atoms with Gasteiger partial charge in [-0.3, -0.25) is 9.59 Å². The smallest absolute Gasteiger partial charge is 0.251 e. The lowest BCUT2D eigenvalue weighted by Crippen LogP contribution is -2.50. The topological polar surface area (TPSA) is 237 Å². The zero-order valence-electron chi connectivity index (χ0n) is 17.4. The average molecular weight is 481 g/mol. The molecule has 0 bridgehead atoms. The van der Waals surface area contributed by atoms with E-state index < -0.39 is 89.7 Å². The predicted molar refractivity (Wildman–Crippen MR) is 111 cm³/mol. The summed E-state index contributed by atoms with van der Waals surface area (Å²) in [5.41, 5.74) is -2.73. The highest BCUT2D eigenvalue weighted by molar-refractivity contribution is 5.97. The number of aromatic hydroxyl groups is 6. The standard InChI is InChI=1S/C21H23NO12/c23-10(8-3-11(24)16(28)12(25)4-8)1-2-21(33)18(30)15(34-20(21)32)7-22-19(31)9-5-13(26)17(29)14(27)6-9/h3-6,15,18,20,24-30,32-33H,1-2,7H2,(H,22,31)/t15-,18-,20?,21-/m1/s1. The molecular formula is C21H23NO12. The van der Waals surface area contributed by atoms with Gasteiger partial charge in [-0.15, -0.1) is 0 Å². The molecule has 3 rings (SSSR count). The molecule has 0 aliphatic carbocycles. The molecule has 0 saturated carbocycles. The molecule has 13 nitrogen and oxygen atoms in total. The quantitative estimate of drug-likeness (QED) is 0.171. The minimum Gasteiger partial charge on any atom is -0.504 e. The van der Waals surface area contributed by atoms with Crippen LogP contribution in [0.3, 0.4) is 0 Å². The summed E-state index contributed by atoms with van der Waals surface area (Å²) in [7, 11) is 0. The molecule has 0 aromatic heterocycles. The third-order valence-corrected chi connectivity index (χ3v) is 5.54. The van der Waals surface area contributed by atoms with Crippen molar-refractivity contribution in [1.82, 2.24) is 5.32 Å². The lowest BCUT2D eigenvalue weighted by molar-refractivity contribution is -0.177. The van der Waals surface area contributed by atoms with Crippen LogP contribution < -0.4 is 5.32 Å². The molecule has 0 spiro atoms. The summed E-state index contributed by atoms with van der Waals surface area (Å²) in [5, 5.41) is 90.4. The van der Waals surface area contributed by atoms with Gasteiger partial charge in [-0.25, -0.2) is 0 Å². The van der Waals surface area contributed by atoms with Crippen LogP contribution in [0.5, 0.6) is 34.5 Å². The first-order valence-electron chi connectivity index (χ1n) is 9.90. The minimum atomic E-state index is -2.30. The molecule has 0 radical (unpaired) electrons. The summed E-state index contributed by atoms with van der Waals surface area (Å²) >= 11 is 0. The second-order valence-corrected chi connectivity index (χ2v) is 7.82. The maximum absolute atomic E-state index is 12.4. The van der Waals surface area contributed by atoms with Gasteiger partial charge < -0.3 is 56.0 Å². The Morgan fingerprint density at radius 3 is 1.82 bits per heavy atom. The van der Waals surface area contributed by atoms with Crippen LogP contribution in [0.2, 0.25) is 0 Å². The van der Waals surface area contributed by atoms with Gasteiger partial charge in [0.25, 0.3) is 5.91 Å². The van der Waals surface area contributed by atoms with Gasteiger partial charge in [0.1, 0.15) is 17.8 Å². The fraction of sp³-hybridized carbons (Fsp3) is 0.333. The van der Waals surface area contributed by atoms with Gasteiger partial charge in [-0.2, -0.15) is 0 Å². The van der Waals surface area contributed by atoms with E-state index in [1.807, 2.05) is 0 Å². The Morgan fingerprint density at radius 1 is 0.853 bits per heavy atom. The maximum atomic E-state index is 12.4. The minimum absolute atomic E-state index is 0.191. The highest BCUT2D eigenvalue weighted by atomic mass is 16.6. The van der Waals surface area contributed by atoms with Gasteiger partial charge in [-0.05, 0) is 30.7 Å². The predicted octanol–water partition coefficient (Wildman–Crippen LogP) is -0.878. The van der Waals surface area contributed by atoms with Crippen molar-refractivity contribution in [3.05, 3.63) is 35.4 Å². The second kappa shape index (κ2) is 9.23. The summed E-state index contributed by atoms with van der Waals surface area (Å²) < 4.78 is 5.11. The summed E-state index contributed by atoms with van der Waals surface area (Å²) in [6.07, 6.45) is -5.94. The van der Waals surface area contributed by atoms with Crippen molar-refractivity contribution in [2.45, 2.75) is 36.9 Å². The first-order valence-corrected chi connectivity index (χ1v) is 9.90. The molecule has 184 valence electrons. The molecule has 1 heterocycles. The zero-order valence-corrected chi connectivity index (χ0v) is 17.4. The van der Waals surface area contributed by atoms with Crippen LogP contribution in [0.15, 0.2) is 24.3 Å². The highest BCUT2D eigenvalue weighted by Crippen LogP contribution is 2.38. The molecule has 1 saturated heterocycles. The van der Waals surface area contributed by atoms with Crippen molar-refractivity contribution >= 4 is 11.7 Å². The SMILES string of the molecule is O=C(CC[C@]1(O)C(O)O[C@H](CNC(=O)c2cc(O)c(O)c(O)c2)[C@H]1O)c1cc(O)c(O)c(O)c1. The number of carbonyl (C=O) groups is 2. The van der Waals surface area contributed by atoms with Crippen molar-refractivity contribution in [3.63, 3.8) is 0 Å². The average Bonchev–Trinajstić information content (AvgIpc) is 3.00. The highest BCUT2D eigenvalue weighted by Gasteiger charge is 2.54. The summed E-state index contributed by atoms with van der Waals surface area (Å²) in [6, 6.07) is 3.56. The Balaban J connectivity index is 1.63. The number of Topliss-reactive ketones (excluding diaryl/α,β-unsaturated/α-hetero) is 1. The van der Waals surface area contributed by atoms with Gasteiger partial charge in [0.2, 0.25) is 0 Å². The summed E-state index contributed by atoms with van der Waals surface area (Å²) in [4.78, 5) is 24.6. The van der Waals surface area contributed by atoms with E-state index in [1.54, 1.807) is 0 Å². The van der Waals surface area contributed by atoms with Crippen molar-refractivity contribution in [2.75, 3.05) is 6.54 Å². The van der Waals surface area contributed by atoms with Crippen LogP contribution in [-0.2, 0) is 4.74 Å². The number of amides is 1. The number of aliphatic hydroxyl groups is 3. The third kappa shape index (κ3) is 4.63. The Bertz CT molecular complexity index is 1070. The fourth-order valence-corrected chi connectivity index (χ4v) is 3.51. The number of phenols is 6. The number of hydrogen-bond donors (Lipinski definition) is 10. The number of ether oxygens (including phenoxy) is 1. The molecule has 1 aliphatic heterocycles. The molecule has 10 N–H and O–H groups in total. The van der Waals surface area contributed by atoms with E-state index in [0.29, 0.717) is 0 Å². The molecule has 1 unspecified atom stereocenters. The van der Waals surface area contributed by atoms with Gasteiger partial charge in [0.15, 0.2) is 46.6 Å². The molecule has 1 aliphatic rings. The maximum Gasteiger partial charge on any atom is 0.251 e. The van der Waals surface area contributed by atoms with E-state index in [9.17, 15) is 55.5 Å². The van der Waals surface area contributed by atoms with E-state index in [2.05, 4.69) is 5.32 Å². The zero-order chi connectivity index (χ0) is 25.4. The van der Waals surface area contributed by atoms with Crippen LogP contribution in [0.1, 0.15) is 33.6 Å². The van der Waals surface area contributed by atoms with Crippen molar-refractivity contribution in [2.24, 2.45) is 0 Å². The van der Waals surface area contributed by atoms with E-state index in [1.165, 1.54) is 0 Å². The first kappa shape index (κ1) is 24.9. The lowest BCUT2D eigenvalue weighted by Gasteiger charge is -2.28. The van der Waals surface area contributed by atoms with E-state index >= 15 is 0 Å². The number of phenolic OH excluding ortho intramolecular Hbond substituents is 6. The first-order chi connectivity index (χ1) is 15.8. The van der Waals surface area contributed by atoms with Gasteiger partial charge in [0, 0.05) is 24.1 Å². The fourth-order valence-electron chi connectivity index (χ4n) is 3.51. The Labute approximate surface area is 191 Å². The molecule has 1 amide bonds. The molecule has 13 heteroatoms. The third-order valence-electron chi connectivity index (χ3n) is 5.54. The number of carbonyl (C=O) groups excluding carboxylic acids is 2. The molecule has 34 heavy (non-hydrogen) atoms. The largest absolute Gasteiger partial charge is 0.504 e. The Hall–Kier alpha value is -3.78. The molecule has 2 aromatic rings. The molecule has 1 fully saturated rings. The van der Waals surface area contributed by atoms with E-state index in [4.69, 9.17) is 4.74 Å². The van der Waals surface area contributed by atoms with Crippen LogP contribution in [0.4, 0.5) is 0 Å². The second-order valence-electron chi connectivity index (χ2n) is 7.82. The van der Waals surface area contributed by atoms with Gasteiger partial charge in [0.05, 0.1) is 0 Å².